The molecular formula is C23H27N3O2. The van der Waals surface area contributed by atoms with Crippen LogP contribution in [-0.4, -0.2) is 11.9 Å². The van der Waals surface area contributed by atoms with Crippen LogP contribution in [0.15, 0.2) is 54.6 Å². The van der Waals surface area contributed by atoms with Gasteiger partial charge in [-0.1, -0.05) is 42.5 Å². The molecule has 0 bridgehead atoms. The Hall–Kier alpha value is -2.82. The summed E-state index contributed by atoms with van der Waals surface area (Å²) in [5.74, 6) is 0.816. The minimum atomic E-state index is -0.153. The first-order valence-electron chi connectivity index (χ1n) is 10.1. The molecule has 2 atom stereocenters. The van der Waals surface area contributed by atoms with E-state index < -0.39 is 0 Å². The molecule has 0 aromatic heterocycles. The summed E-state index contributed by atoms with van der Waals surface area (Å²) in [6.45, 7) is 1.96. The third-order valence-corrected chi connectivity index (χ3v) is 5.51. The molecule has 0 aliphatic heterocycles. The highest BCUT2D eigenvalue weighted by Crippen LogP contribution is 2.40. The maximum atomic E-state index is 12.6. The summed E-state index contributed by atoms with van der Waals surface area (Å²) in [4.78, 5) is 24.4. The van der Waals surface area contributed by atoms with Crippen LogP contribution < -0.4 is 16.0 Å². The molecule has 0 spiro atoms. The Morgan fingerprint density at radius 2 is 1.54 bits per heavy atom. The number of nitrogens with one attached hydrogen (secondary N) is 3. The van der Waals surface area contributed by atoms with E-state index in [1.807, 2.05) is 49.4 Å². The van der Waals surface area contributed by atoms with Gasteiger partial charge in [0.25, 0.3) is 0 Å². The summed E-state index contributed by atoms with van der Waals surface area (Å²) in [7, 11) is 0. The average Bonchev–Trinajstić information content (AvgIpc) is 3.60. The zero-order chi connectivity index (χ0) is 19.5. The Kier molecular flexibility index (Phi) is 5.33. The van der Waals surface area contributed by atoms with E-state index in [-0.39, 0.29) is 29.9 Å². The Bertz CT molecular complexity index is 827. The number of carbonyl (C=O) groups excluding carboxylic acids is 2. The summed E-state index contributed by atoms with van der Waals surface area (Å²) < 4.78 is 0. The molecule has 0 heterocycles. The lowest BCUT2D eigenvalue weighted by Gasteiger charge is -2.21. The van der Waals surface area contributed by atoms with Crippen molar-refractivity contribution < 1.29 is 9.59 Å². The van der Waals surface area contributed by atoms with Gasteiger partial charge in [0.2, 0.25) is 5.91 Å². The van der Waals surface area contributed by atoms with Gasteiger partial charge in [-0.15, -0.1) is 0 Å². The van der Waals surface area contributed by atoms with Gasteiger partial charge in [-0.2, -0.15) is 0 Å². The van der Waals surface area contributed by atoms with Crippen molar-refractivity contribution in [1.82, 2.24) is 10.6 Å². The predicted octanol–water partition coefficient (Wildman–Crippen LogP) is 4.55. The molecule has 146 valence electrons. The molecule has 5 heteroatoms. The van der Waals surface area contributed by atoms with Crippen LogP contribution in [0.1, 0.15) is 55.8 Å². The van der Waals surface area contributed by atoms with Gasteiger partial charge in [-0.05, 0) is 61.8 Å². The lowest BCUT2D eigenvalue weighted by Crippen LogP contribution is -2.39. The fraction of sp³-hybridized carbons (Fsp3) is 0.391. The van der Waals surface area contributed by atoms with Crippen molar-refractivity contribution in [3.8, 4) is 0 Å². The first-order chi connectivity index (χ1) is 13.6. The highest BCUT2D eigenvalue weighted by molar-refractivity contribution is 5.94. The van der Waals surface area contributed by atoms with Gasteiger partial charge >= 0.3 is 6.03 Å². The van der Waals surface area contributed by atoms with E-state index in [2.05, 4.69) is 28.1 Å². The maximum absolute atomic E-state index is 12.6. The molecule has 2 aliphatic carbocycles. The molecule has 0 radical (unpaired) electrons. The second-order valence-electron chi connectivity index (χ2n) is 7.95. The van der Waals surface area contributed by atoms with Crippen LogP contribution in [0.4, 0.5) is 10.5 Å². The highest BCUT2D eigenvalue weighted by atomic mass is 16.2. The molecule has 3 amide bonds. The number of urea groups is 1. The lowest BCUT2D eigenvalue weighted by molar-refractivity contribution is -0.117. The summed E-state index contributed by atoms with van der Waals surface area (Å²) in [5, 5.41) is 9.11. The predicted molar refractivity (Wildman–Crippen MR) is 110 cm³/mol. The molecule has 2 aromatic rings. The third kappa shape index (κ3) is 4.71. The van der Waals surface area contributed by atoms with Crippen molar-refractivity contribution in [3.05, 3.63) is 65.7 Å². The summed E-state index contributed by atoms with van der Waals surface area (Å²) in [6.07, 6.45) is 4.29. The number of carbonyl (C=O) groups is 2. The molecule has 2 unspecified atom stereocenters. The molecule has 2 fully saturated rings. The van der Waals surface area contributed by atoms with E-state index in [4.69, 9.17) is 0 Å². The van der Waals surface area contributed by atoms with E-state index in [0.717, 1.165) is 42.5 Å². The van der Waals surface area contributed by atoms with Crippen molar-refractivity contribution in [2.75, 3.05) is 5.32 Å². The third-order valence-electron chi connectivity index (χ3n) is 5.51. The number of amides is 3. The maximum Gasteiger partial charge on any atom is 0.315 e. The van der Waals surface area contributed by atoms with Crippen LogP contribution in [0.25, 0.3) is 0 Å². The van der Waals surface area contributed by atoms with Crippen LogP contribution >= 0.6 is 0 Å². The Morgan fingerprint density at radius 3 is 2.14 bits per heavy atom. The topological polar surface area (TPSA) is 70.2 Å². The molecule has 2 saturated carbocycles. The largest absolute Gasteiger partial charge is 0.332 e. The highest BCUT2D eigenvalue weighted by Gasteiger charge is 2.33. The molecule has 28 heavy (non-hydrogen) atoms. The Labute approximate surface area is 165 Å². The van der Waals surface area contributed by atoms with Crippen LogP contribution in [0.2, 0.25) is 0 Å². The van der Waals surface area contributed by atoms with Gasteiger partial charge in [0.1, 0.15) is 0 Å². The number of hydrogen-bond acceptors (Lipinski definition) is 2. The van der Waals surface area contributed by atoms with Crippen LogP contribution in [-0.2, 0) is 4.79 Å². The van der Waals surface area contributed by atoms with E-state index >= 15 is 0 Å². The zero-order valence-electron chi connectivity index (χ0n) is 16.2. The van der Waals surface area contributed by atoms with Crippen molar-refractivity contribution >= 4 is 17.6 Å². The SMILES string of the molecule is CC(NC(=O)NC(c1ccccc1)C1CC1)c1ccc(NC(=O)C2CC2)cc1. The summed E-state index contributed by atoms with van der Waals surface area (Å²) in [5.41, 5.74) is 2.96. The van der Waals surface area contributed by atoms with E-state index in [1.54, 1.807) is 0 Å². The van der Waals surface area contributed by atoms with Gasteiger partial charge in [-0.3, -0.25) is 4.79 Å². The quantitative estimate of drug-likeness (QED) is 0.663. The standard InChI is InChI=1S/C23H27N3O2/c1-15(16-11-13-20(14-12-16)25-22(27)19-9-10-19)24-23(28)26-21(18-7-8-18)17-5-3-2-4-6-17/h2-6,11-15,18-19,21H,7-10H2,1H3,(H,25,27)(H2,24,26,28). The number of benzene rings is 2. The van der Waals surface area contributed by atoms with Crippen LogP contribution in [0.3, 0.4) is 0 Å². The minimum absolute atomic E-state index is 0.0633. The van der Waals surface area contributed by atoms with E-state index in [0.29, 0.717) is 5.92 Å². The van der Waals surface area contributed by atoms with Crippen molar-refractivity contribution in [3.63, 3.8) is 0 Å². The van der Waals surface area contributed by atoms with Crippen LogP contribution in [0.5, 0.6) is 0 Å². The van der Waals surface area contributed by atoms with E-state index in [1.165, 1.54) is 0 Å². The lowest BCUT2D eigenvalue weighted by atomic mass is 10.0. The average molecular weight is 377 g/mol. The van der Waals surface area contributed by atoms with Gasteiger partial charge < -0.3 is 16.0 Å². The molecule has 2 aromatic carbocycles. The van der Waals surface area contributed by atoms with Crippen molar-refractivity contribution in [2.45, 2.75) is 44.7 Å². The number of rotatable bonds is 7. The van der Waals surface area contributed by atoms with Crippen molar-refractivity contribution in [1.29, 1.82) is 0 Å². The minimum Gasteiger partial charge on any atom is -0.332 e. The fourth-order valence-corrected chi connectivity index (χ4v) is 3.47. The second-order valence-corrected chi connectivity index (χ2v) is 7.95. The van der Waals surface area contributed by atoms with Crippen molar-refractivity contribution in [2.24, 2.45) is 11.8 Å². The monoisotopic (exact) mass is 377 g/mol. The molecule has 2 aliphatic rings. The number of hydrogen-bond donors (Lipinski definition) is 3. The smallest absolute Gasteiger partial charge is 0.315 e. The second kappa shape index (κ2) is 8.05. The molecular weight excluding hydrogens is 350 g/mol. The van der Waals surface area contributed by atoms with E-state index in [9.17, 15) is 9.59 Å². The van der Waals surface area contributed by atoms with Gasteiger partial charge in [0, 0.05) is 11.6 Å². The van der Waals surface area contributed by atoms with Gasteiger partial charge in [-0.25, -0.2) is 4.79 Å². The first-order valence-corrected chi connectivity index (χ1v) is 10.1. The molecule has 0 saturated heterocycles. The fourth-order valence-electron chi connectivity index (χ4n) is 3.47. The number of anilines is 1. The van der Waals surface area contributed by atoms with Gasteiger partial charge in [0.15, 0.2) is 0 Å². The zero-order valence-corrected chi connectivity index (χ0v) is 16.2. The van der Waals surface area contributed by atoms with Crippen LogP contribution in [0, 0.1) is 11.8 Å². The molecule has 3 N–H and O–H groups in total. The normalized spacial score (nSPS) is 18.0. The molecule has 5 nitrogen and oxygen atoms in total. The Morgan fingerprint density at radius 1 is 0.857 bits per heavy atom. The molecule has 4 rings (SSSR count). The summed E-state index contributed by atoms with van der Waals surface area (Å²) in [6, 6.07) is 17.6. The summed E-state index contributed by atoms with van der Waals surface area (Å²) >= 11 is 0. The first kappa shape index (κ1) is 18.5. The van der Waals surface area contributed by atoms with Gasteiger partial charge in [0.05, 0.1) is 12.1 Å². The Balaban J connectivity index is 1.32.